The van der Waals surface area contributed by atoms with E-state index < -0.39 is 17.5 Å². The molecule has 0 spiro atoms. The van der Waals surface area contributed by atoms with E-state index in [0.29, 0.717) is 10.5 Å². The van der Waals surface area contributed by atoms with Crippen LogP contribution >= 0.6 is 15.9 Å². The molecule has 1 amide bonds. The van der Waals surface area contributed by atoms with Crippen molar-refractivity contribution in [1.29, 1.82) is 0 Å². The minimum absolute atomic E-state index is 0.0470. The summed E-state index contributed by atoms with van der Waals surface area (Å²) in [4.78, 5) is 11.2. The van der Waals surface area contributed by atoms with E-state index in [0.717, 1.165) is 12.1 Å². The second kappa shape index (κ2) is 5.46. The molecular formula is C13H9BrF2N2O2. The number of nitrogen functional groups attached to an aromatic ring is 1. The molecule has 0 fully saturated rings. The summed E-state index contributed by atoms with van der Waals surface area (Å²) in [5.41, 5.74) is 11.0. The van der Waals surface area contributed by atoms with E-state index in [4.69, 9.17) is 16.2 Å². The summed E-state index contributed by atoms with van der Waals surface area (Å²) in [6.45, 7) is 0. The standard InChI is InChI=1S/C13H9BrF2N2O2/c14-8-5-10(17)7(13(18)19)4-12(8)20-11-2-1-6(15)3-9(11)16/h1-5H,17H2,(H2,18,19). The quantitative estimate of drug-likeness (QED) is 0.840. The fraction of sp³-hybridized carbons (Fsp3) is 0. The highest BCUT2D eigenvalue weighted by Gasteiger charge is 2.14. The van der Waals surface area contributed by atoms with Gasteiger partial charge in [0.15, 0.2) is 11.6 Å². The number of carbonyl (C=O) groups excluding carboxylic acids is 1. The van der Waals surface area contributed by atoms with Crippen molar-refractivity contribution < 1.29 is 18.3 Å². The molecule has 2 aromatic rings. The maximum atomic E-state index is 13.5. The van der Waals surface area contributed by atoms with Gasteiger partial charge in [-0.25, -0.2) is 8.78 Å². The van der Waals surface area contributed by atoms with Crippen LogP contribution < -0.4 is 16.2 Å². The normalized spacial score (nSPS) is 10.3. The average Bonchev–Trinajstić information content (AvgIpc) is 2.35. The molecule has 104 valence electrons. The summed E-state index contributed by atoms with van der Waals surface area (Å²) >= 11 is 3.17. The SMILES string of the molecule is NC(=O)c1cc(Oc2ccc(F)cc2F)c(Br)cc1N. The predicted octanol–water partition coefficient (Wildman–Crippen LogP) is 3.20. The Hall–Kier alpha value is -2.15. The third-order valence-corrected chi connectivity index (χ3v) is 3.10. The molecule has 0 saturated heterocycles. The van der Waals surface area contributed by atoms with Gasteiger partial charge >= 0.3 is 0 Å². The number of rotatable bonds is 3. The van der Waals surface area contributed by atoms with Crippen LogP contribution in [0, 0.1) is 11.6 Å². The highest BCUT2D eigenvalue weighted by atomic mass is 79.9. The second-order valence-electron chi connectivity index (χ2n) is 3.91. The zero-order valence-corrected chi connectivity index (χ0v) is 11.6. The van der Waals surface area contributed by atoms with Crippen LogP contribution in [-0.4, -0.2) is 5.91 Å². The third-order valence-electron chi connectivity index (χ3n) is 2.48. The van der Waals surface area contributed by atoms with Crippen molar-refractivity contribution in [2.45, 2.75) is 0 Å². The molecule has 0 aliphatic heterocycles. The van der Waals surface area contributed by atoms with Gasteiger partial charge in [0.1, 0.15) is 11.6 Å². The second-order valence-corrected chi connectivity index (χ2v) is 4.77. The van der Waals surface area contributed by atoms with Crippen LogP contribution in [0.1, 0.15) is 10.4 Å². The lowest BCUT2D eigenvalue weighted by Gasteiger charge is -2.11. The maximum Gasteiger partial charge on any atom is 0.250 e. The van der Waals surface area contributed by atoms with E-state index in [1.807, 2.05) is 0 Å². The zero-order chi connectivity index (χ0) is 14.9. The van der Waals surface area contributed by atoms with Crippen molar-refractivity contribution in [2.75, 3.05) is 5.73 Å². The Morgan fingerprint density at radius 3 is 2.45 bits per heavy atom. The fourth-order valence-corrected chi connectivity index (χ4v) is 1.98. The molecule has 0 aliphatic rings. The molecule has 20 heavy (non-hydrogen) atoms. The molecule has 0 atom stereocenters. The largest absolute Gasteiger partial charge is 0.453 e. The van der Waals surface area contributed by atoms with Crippen LogP contribution in [0.25, 0.3) is 0 Å². The summed E-state index contributed by atoms with van der Waals surface area (Å²) < 4.78 is 32.0. The van der Waals surface area contributed by atoms with Gasteiger partial charge in [-0.3, -0.25) is 4.79 Å². The number of nitrogens with two attached hydrogens (primary N) is 2. The molecule has 0 radical (unpaired) electrons. The number of ether oxygens (including phenoxy) is 1. The molecule has 4 nitrogen and oxygen atoms in total. The van der Waals surface area contributed by atoms with Gasteiger partial charge in [0.2, 0.25) is 0 Å². The Kier molecular flexibility index (Phi) is 3.89. The van der Waals surface area contributed by atoms with Crippen LogP contribution in [0.15, 0.2) is 34.8 Å². The Bertz CT molecular complexity index is 692. The molecule has 7 heteroatoms. The van der Waals surface area contributed by atoms with Crippen molar-refractivity contribution >= 4 is 27.5 Å². The Labute approximate surface area is 121 Å². The van der Waals surface area contributed by atoms with Crippen molar-refractivity contribution in [2.24, 2.45) is 5.73 Å². The molecule has 0 unspecified atom stereocenters. The summed E-state index contributed by atoms with van der Waals surface area (Å²) in [5, 5.41) is 0. The van der Waals surface area contributed by atoms with E-state index in [-0.39, 0.29) is 22.7 Å². The number of amides is 1. The first-order valence-corrected chi connectivity index (χ1v) is 6.19. The molecule has 0 saturated carbocycles. The zero-order valence-electron chi connectivity index (χ0n) is 9.99. The number of primary amides is 1. The summed E-state index contributed by atoms with van der Waals surface area (Å²) in [6.07, 6.45) is 0. The topological polar surface area (TPSA) is 78.3 Å². The smallest absolute Gasteiger partial charge is 0.250 e. The number of carbonyl (C=O) groups is 1. The van der Waals surface area contributed by atoms with Gasteiger partial charge in [0.05, 0.1) is 10.0 Å². The highest BCUT2D eigenvalue weighted by molar-refractivity contribution is 9.10. The van der Waals surface area contributed by atoms with Gasteiger partial charge in [-0.1, -0.05) is 0 Å². The predicted molar refractivity (Wildman–Crippen MR) is 73.5 cm³/mol. The minimum Gasteiger partial charge on any atom is -0.453 e. The van der Waals surface area contributed by atoms with Gasteiger partial charge in [-0.15, -0.1) is 0 Å². The maximum absolute atomic E-state index is 13.5. The first kappa shape index (κ1) is 14.3. The molecule has 0 heterocycles. The number of benzene rings is 2. The van der Waals surface area contributed by atoms with Crippen molar-refractivity contribution in [3.05, 3.63) is 52.0 Å². The van der Waals surface area contributed by atoms with E-state index in [1.165, 1.54) is 12.1 Å². The van der Waals surface area contributed by atoms with Gasteiger partial charge in [-0.05, 0) is 40.2 Å². The fourth-order valence-electron chi connectivity index (χ4n) is 1.54. The molecule has 2 aromatic carbocycles. The highest BCUT2D eigenvalue weighted by Crippen LogP contribution is 2.34. The molecule has 2 rings (SSSR count). The Balaban J connectivity index is 2.43. The molecule has 0 aliphatic carbocycles. The number of anilines is 1. The van der Waals surface area contributed by atoms with Crippen LogP contribution in [0.5, 0.6) is 11.5 Å². The van der Waals surface area contributed by atoms with Crippen molar-refractivity contribution in [3.63, 3.8) is 0 Å². The van der Waals surface area contributed by atoms with Crippen molar-refractivity contribution in [1.82, 2.24) is 0 Å². The monoisotopic (exact) mass is 342 g/mol. The lowest BCUT2D eigenvalue weighted by molar-refractivity contribution is 0.100. The van der Waals surface area contributed by atoms with E-state index in [1.54, 1.807) is 0 Å². The molecule has 0 bridgehead atoms. The Morgan fingerprint density at radius 1 is 1.15 bits per heavy atom. The molecule has 0 aromatic heterocycles. The summed E-state index contributed by atoms with van der Waals surface area (Å²) in [6, 6.07) is 5.58. The first-order valence-electron chi connectivity index (χ1n) is 5.40. The van der Waals surface area contributed by atoms with Gasteiger partial charge in [0, 0.05) is 11.8 Å². The third kappa shape index (κ3) is 2.88. The summed E-state index contributed by atoms with van der Waals surface area (Å²) in [7, 11) is 0. The Morgan fingerprint density at radius 2 is 1.85 bits per heavy atom. The van der Waals surface area contributed by atoms with Crippen LogP contribution in [0.3, 0.4) is 0 Å². The number of hydrogen-bond donors (Lipinski definition) is 2. The van der Waals surface area contributed by atoms with Crippen LogP contribution in [0.4, 0.5) is 14.5 Å². The lowest BCUT2D eigenvalue weighted by atomic mass is 10.1. The lowest BCUT2D eigenvalue weighted by Crippen LogP contribution is -2.13. The van der Waals surface area contributed by atoms with E-state index in [2.05, 4.69) is 15.9 Å². The van der Waals surface area contributed by atoms with E-state index in [9.17, 15) is 13.6 Å². The minimum atomic E-state index is -0.866. The van der Waals surface area contributed by atoms with Gasteiger partial charge < -0.3 is 16.2 Å². The first-order chi connectivity index (χ1) is 9.38. The van der Waals surface area contributed by atoms with Crippen molar-refractivity contribution in [3.8, 4) is 11.5 Å². The number of hydrogen-bond acceptors (Lipinski definition) is 3. The summed E-state index contributed by atoms with van der Waals surface area (Å²) in [5.74, 6) is -2.37. The molecular weight excluding hydrogens is 334 g/mol. The number of halogens is 3. The van der Waals surface area contributed by atoms with Crippen LogP contribution in [0.2, 0.25) is 0 Å². The van der Waals surface area contributed by atoms with Crippen LogP contribution in [-0.2, 0) is 0 Å². The van der Waals surface area contributed by atoms with Gasteiger partial charge in [0.25, 0.3) is 5.91 Å². The average molecular weight is 343 g/mol. The molecule has 4 N–H and O–H groups in total. The van der Waals surface area contributed by atoms with E-state index >= 15 is 0 Å². The van der Waals surface area contributed by atoms with Gasteiger partial charge in [-0.2, -0.15) is 0 Å².